The number of morpholine rings is 1. The van der Waals surface area contributed by atoms with Gasteiger partial charge in [0, 0.05) is 12.5 Å². The Morgan fingerprint density at radius 1 is 1.15 bits per heavy atom. The number of alkyl carbamates (subject to hydrolysis) is 1. The minimum Gasteiger partial charge on any atom is -0.479 e. The van der Waals surface area contributed by atoms with Crippen molar-refractivity contribution in [2.24, 2.45) is 0 Å². The Kier molecular flexibility index (Phi) is 6.37. The number of carbonyl (C=O) groups excluding carboxylic acids is 2. The lowest BCUT2D eigenvalue weighted by Crippen LogP contribution is -2.59. The molecule has 2 aromatic carbocycles. The van der Waals surface area contributed by atoms with E-state index in [4.69, 9.17) is 9.47 Å². The van der Waals surface area contributed by atoms with E-state index in [0.717, 1.165) is 22.3 Å². The maximum Gasteiger partial charge on any atom is 0.407 e. The van der Waals surface area contributed by atoms with Crippen molar-refractivity contribution in [1.82, 2.24) is 10.2 Å². The van der Waals surface area contributed by atoms with E-state index in [1.165, 1.54) is 11.8 Å². The molecule has 0 bridgehead atoms. The summed E-state index contributed by atoms with van der Waals surface area (Å²) < 4.78 is 10.9. The van der Waals surface area contributed by atoms with Gasteiger partial charge >= 0.3 is 12.1 Å². The number of fused-ring (bicyclic) bond motifs is 3. The number of aliphatic carboxylic acids is 1. The first-order chi connectivity index (χ1) is 15.8. The van der Waals surface area contributed by atoms with E-state index < -0.39 is 23.7 Å². The van der Waals surface area contributed by atoms with Gasteiger partial charge in [-0.05, 0) is 35.6 Å². The summed E-state index contributed by atoms with van der Waals surface area (Å²) in [6, 6.07) is 15.3. The van der Waals surface area contributed by atoms with Crippen LogP contribution < -0.4 is 5.32 Å². The normalized spacial score (nSPS) is 20.5. The van der Waals surface area contributed by atoms with Gasteiger partial charge in [-0.2, -0.15) is 0 Å². The van der Waals surface area contributed by atoms with Crippen molar-refractivity contribution in [1.29, 1.82) is 0 Å². The zero-order valence-electron chi connectivity index (χ0n) is 18.7. The van der Waals surface area contributed by atoms with Gasteiger partial charge in [0.05, 0.1) is 13.2 Å². The van der Waals surface area contributed by atoms with Crippen LogP contribution in [0.15, 0.2) is 48.5 Å². The third-order valence-corrected chi connectivity index (χ3v) is 6.38. The molecular weight excluding hydrogens is 424 g/mol. The summed E-state index contributed by atoms with van der Waals surface area (Å²) in [6.07, 6.45) is -0.323. The number of benzene rings is 2. The third kappa shape index (κ3) is 4.43. The highest BCUT2D eigenvalue weighted by Crippen LogP contribution is 2.44. The lowest BCUT2D eigenvalue weighted by molar-refractivity contribution is -0.177. The summed E-state index contributed by atoms with van der Waals surface area (Å²) in [6.45, 7) is 3.68. The number of hydrogen-bond donors (Lipinski definition) is 2. The first-order valence-corrected chi connectivity index (χ1v) is 11.1. The second kappa shape index (κ2) is 9.23. The standard InChI is InChI=1S/C25H28N2O6/c1-3-21(22(28)27-12-13-33-25(2,15-27)23(29)30)26-24(31)32-14-20-18-10-6-4-8-16(18)17-9-5-7-11-19(17)20/h4-11,20-21H,3,12-15H2,1-2H3,(H,26,31)(H,29,30)/t21-,25?/m0/s1. The van der Waals surface area contributed by atoms with Crippen LogP contribution in [0.4, 0.5) is 4.79 Å². The Hall–Kier alpha value is -3.39. The van der Waals surface area contributed by atoms with Gasteiger partial charge in [-0.3, -0.25) is 4.79 Å². The van der Waals surface area contributed by atoms with E-state index in [1.54, 1.807) is 6.92 Å². The van der Waals surface area contributed by atoms with E-state index in [2.05, 4.69) is 17.4 Å². The second-order valence-electron chi connectivity index (χ2n) is 8.57. The van der Waals surface area contributed by atoms with Gasteiger partial charge in [-0.25, -0.2) is 9.59 Å². The van der Waals surface area contributed by atoms with Gasteiger partial charge in [-0.15, -0.1) is 0 Å². The smallest absolute Gasteiger partial charge is 0.407 e. The molecular formula is C25H28N2O6. The molecule has 2 aliphatic rings. The highest BCUT2D eigenvalue weighted by atomic mass is 16.5. The molecule has 1 fully saturated rings. The quantitative estimate of drug-likeness (QED) is 0.698. The Bertz CT molecular complexity index is 1020. The Morgan fingerprint density at radius 2 is 1.76 bits per heavy atom. The van der Waals surface area contributed by atoms with Crippen LogP contribution >= 0.6 is 0 Å². The molecule has 8 heteroatoms. The van der Waals surface area contributed by atoms with Gasteiger partial charge in [0.2, 0.25) is 5.91 Å². The molecule has 2 atom stereocenters. The van der Waals surface area contributed by atoms with Crippen molar-refractivity contribution >= 4 is 18.0 Å². The number of carboxylic acids is 1. The molecule has 1 unspecified atom stereocenters. The van der Waals surface area contributed by atoms with Gasteiger partial charge in [0.15, 0.2) is 5.60 Å². The van der Waals surface area contributed by atoms with Crippen molar-refractivity contribution in [2.75, 3.05) is 26.3 Å². The predicted octanol–water partition coefficient (Wildman–Crippen LogP) is 3.01. The van der Waals surface area contributed by atoms with Crippen molar-refractivity contribution < 1.29 is 29.0 Å². The summed E-state index contributed by atoms with van der Waals surface area (Å²) in [5, 5.41) is 12.1. The summed E-state index contributed by atoms with van der Waals surface area (Å²) in [5.41, 5.74) is 3.03. The molecule has 1 saturated heterocycles. The molecule has 4 rings (SSSR count). The van der Waals surface area contributed by atoms with E-state index in [1.807, 2.05) is 36.4 Å². The molecule has 1 aliphatic carbocycles. The number of carbonyl (C=O) groups is 3. The van der Waals surface area contributed by atoms with Crippen LogP contribution in [0.2, 0.25) is 0 Å². The molecule has 1 aliphatic heterocycles. The zero-order valence-corrected chi connectivity index (χ0v) is 18.7. The van der Waals surface area contributed by atoms with Gasteiger partial charge in [-0.1, -0.05) is 55.5 Å². The van der Waals surface area contributed by atoms with Crippen molar-refractivity contribution in [3.8, 4) is 11.1 Å². The molecule has 2 N–H and O–H groups in total. The summed E-state index contributed by atoms with van der Waals surface area (Å²) in [4.78, 5) is 38.5. The predicted molar refractivity (Wildman–Crippen MR) is 121 cm³/mol. The molecule has 33 heavy (non-hydrogen) atoms. The fourth-order valence-corrected chi connectivity index (χ4v) is 4.53. The van der Waals surface area contributed by atoms with Crippen LogP contribution in [0.3, 0.4) is 0 Å². The first kappa shape index (κ1) is 22.8. The lowest BCUT2D eigenvalue weighted by Gasteiger charge is -2.38. The van der Waals surface area contributed by atoms with E-state index in [9.17, 15) is 19.5 Å². The summed E-state index contributed by atoms with van der Waals surface area (Å²) in [5.74, 6) is -1.55. The first-order valence-electron chi connectivity index (χ1n) is 11.1. The molecule has 2 amide bonds. The minimum absolute atomic E-state index is 0.0746. The van der Waals surface area contributed by atoms with E-state index >= 15 is 0 Å². The van der Waals surface area contributed by atoms with E-state index in [0.29, 0.717) is 6.42 Å². The number of nitrogens with zero attached hydrogens (tertiary/aromatic N) is 1. The molecule has 0 aromatic heterocycles. The molecule has 0 saturated carbocycles. The second-order valence-corrected chi connectivity index (χ2v) is 8.57. The van der Waals surface area contributed by atoms with Crippen LogP contribution in [-0.4, -0.2) is 65.9 Å². The maximum atomic E-state index is 13.0. The number of ether oxygens (including phenoxy) is 2. The molecule has 0 radical (unpaired) electrons. The average molecular weight is 453 g/mol. The lowest BCUT2D eigenvalue weighted by atomic mass is 9.98. The van der Waals surface area contributed by atoms with Crippen molar-refractivity contribution in [3.05, 3.63) is 59.7 Å². The van der Waals surface area contributed by atoms with Crippen LogP contribution in [0.25, 0.3) is 11.1 Å². The average Bonchev–Trinajstić information content (AvgIpc) is 3.14. The molecule has 8 nitrogen and oxygen atoms in total. The van der Waals surface area contributed by atoms with Gasteiger partial charge < -0.3 is 24.8 Å². The number of carboxylic acid groups (broad SMARTS) is 1. The highest BCUT2D eigenvalue weighted by molar-refractivity contribution is 5.87. The maximum absolute atomic E-state index is 13.0. The molecule has 174 valence electrons. The van der Waals surface area contributed by atoms with Crippen LogP contribution in [-0.2, 0) is 19.1 Å². The summed E-state index contributed by atoms with van der Waals surface area (Å²) in [7, 11) is 0. The minimum atomic E-state index is -1.46. The number of amides is 2. The fraction of sp³-hybridized carbons (Fsp3) is 0.400. The van der Waals surface area contributed by atoms with E-state index in [-0.39, 0.29) is 38.1 Å². The molecule has 1 heterocycles. The summed E-state index contributed by atoms with van der Waals surface area (Å²) >= 11 is 0. The molecule has 0 spiro atoms. The number of rotatable bonds is 6. The zero-order chi connectivity index (χ0) is 23.6. The number of nitrogens with one attached hydrogen (secondary N) is 1. The van der Waals surface area contributed by atoms with Gasteiger partial charge in [0.25, 0.3) is 0 Å². The third-order valence-electron chi connectivity index (χ3n) is 6.38. The van der Waals surface area contributed by atoms with Crippen molar-refractivity contribution in [3.63, 3.8) is 0 Å². The topological polar surface area (TPSA) is 105 Å². The van der Waals surface area contributed by atoms with Crippen LogP contribution in [0.5, 0.6) is 0 Å². The Balaban J connectivity index is 1.39. The van der Waals surface area contributed by atoms with Gasteiger partial charge in [0.1, 0.15) is 12.6 Å². The monoisotopic (exact) mass is 452 g/mol. The Morgan fingerprint density at radius 3 is 2.33 bits per heavy atom. The van der Waals surface area contributed by atoms with Crippen molar-refractivity contribution in [2.45, 2.75) is 37.8 Å². The van der Waals surface area contributed by atoms with Crippen LogP contribution in [0.1, 0.15) is 37.3 Å². The number of hydrogen-bond acceptors (Lipinski definition) is 5. The highest BCUT2D eigenvalue weighted by Gasteiger charge is 2.42. The Labute approximate surface area is 192 Å². The molecule has 2 aromatic rings. The SMILES string of the molecule is CC[C@H](NC(=O)OCC1c2ccccc2-c2ccccc21)C(=O)N1CCOC(C)(C(=O)O)C1. The largest absolute Gasteiger partial charge is 0.479 e. The van der Waals surface area contributed by atoms with Crippen LogP contribution in [0, 0.1) is 0 Å². The fourth-order valence-electron chi connectivity index (χ4n) is 4.53.